The second-order valence-corrected chi connectivity index (χ2v) is 8.60. The van der Waals surface area contributed by atoms with Crippen molar-refractivity contribution < 1.29 is 18.8 Å². The van der Waals surface area contributed by atoms with Crippen molar-refractivity contribution in [1.29, 1.82) is 5.26 Å². The summed E-state index contributed by atoms with van der Waals surface area (Å²) in [5, 5.41) is 13.1. The summed E-state index contributed by atoms with van der Waals surface area (Å²) in [5.74, 6) is 0.268. The van der Waals surface area contributed by atoms with E-state index in [2.05, 4.69) is 18.3 Å². The zero-order valence-corrected chi connectivity index (χ0v) is 17.2. The molecule has 1 aromatic heterocycles. The number of fused-ring (bicyclic) bond motifs is 1. The van der Waals surface area contributed by atoms with E-state index in [1.165, 1.54) is 29.4 Å². The molecule has 0 spiro atoms. The van der Waals surface area contributed by atoms with E-state index in [1.807, 2.05) is 7.05 Å². The van der Waals surface area contributed by atoms with Crippen LogP contribution in [0.2, 0.25) is 0 Å². The number of likely N-dealkylation sites (N-methyl/N-ethyl adjacent to an activating group) is 1. The Morgan fingerprint density at radius 3 is 2.96 bits per heavy atom. The molecule has 0 radical (unpaired) electrons. The van der Waals surface area contributed by atoms with Crippen molar-refractivity contribution in [2.24, 2.45) is 5.92 Å². The van der Waals surface area contributed by atoms with Crippen LogP contribution in [0.3, 0.4) is 0 Å². The molecule has 2 aromatic rings. The summed E-state index contributed by atoms with van der Waals surface area (Å²) >= 11 is 1.53. The normalized spacial score (nSPS) is 16.8. The fraction of sp³-hybridized carbons (Fsp3) is 0.429. The first-order valence-electron chi connectivity index (χ1n) is 9.39. The maximum absolute atomic E-state index is 13.8. The Morgan fingerprint density at radius 1 is 1.50 bits per heavy atom. The average molecular weight is 403 g/mol. The molecule has 5 nitrogen and oxygen atoms in total. The number of methoxy groups -OCH3 is 1. The van der Waals surface area contributed by atoms with Gasteiger partial charge in [-0.3, -0.25) is 4.79 Å². The third-order valence-corrected chi connectivity index (χ3v) is 6.23. The molecule has 28 heavy (non-hydrogen) atoms. The second kappa shape index (κ2) is 8.72. The molecule has 148 valence electrons. The highest BCUT2D eigenvalue weighted by Gasteiger charge is 2.25. The van der Waals surface area contributed by atoms with Gasteiger partial charge in [0.15, 0.2) is 18.1 Å². The van der Waals surface area contributed by atoms with E-state index in [9.17, 15) is 14.4 Å². The topological polar surface area (TPSA) is 66.6 Å². The molecule has 0 saturated carbocycles. The van der Waals surface area contributed by atoms with Gasteiger partial charge >= 0.3 is 0 Å². The molecule has 0 fully saturated rings. The molecule has 0 saturated heterocycles. The molecule has 0 aliphatic heterocycles. The van der Waals surface area contributed by atoms with Crippen LogP contribution in [-0.4, -0.2) is 26.6 Å². The monoisotopic (exact) mass is 402 g/mol. The first-order chi connectivity index (χ1) is 13.4. The van der Waals surface area contributed by atoms with Gasteiger partial charge in [-0.05, 0) is 48.9 Å². The Morgan fingerprint density at radius 2 is 2.29 bits per heavy atom. The number of nitrogens with zero attached hydrogens (tertiary/aromatic N) is 1. The van der Waals surface area contributed by atoms with Crippen LogP contribution in [0.15, 0.2) is 18.2 Å². The lowest BCUT2D eigenvalue weighted by molar-refractivity contribution is -0.885. The Labute approximate surface area is 168 Å². The quantitative estimate of drug-likeness (QED) is 0.780. The lowest BCUT2D eigenvalue weighted by atomic mass is 9.89. The first-order valence-corrected chi connectivity index (χ1v) is 10.2. The molecule has 1 aromatic carbocycles. The van der Waals surface area contributed by atoms with Crippen LogP contribution < -0.4 is 15.0 Å². The lowest BCUT2D eigenvalue weighted by Crippen LogP contribution is -3.08. The predicted molar refractivity (Wildman–Crippen MR) is 107 cm³/mol. The Bertz CT molecular complexity index is 919. The fourth-order valence-electron chi connectivity index (χ4n) is 3.63. The first kappa shape index (κ1) is 20.3. The maximum atomic E-state index is 13.8. The van der Waals surface area contributed by atoms with Gasteiger partial charge in [-0.1, -0.05) is 6.92 Å². The van der Waals surface area contributed by atoms with E-state index in [0.29, 0.717) is 23.0 Å². The van der Waals surface area contributed by atoms with E-state index < -0.39 is 5.82 Å². The molecule has 7 heteroatoms. The zero-order chi connectivity index (χ0) is 20.3. The van der Waals surface area contributed by atoms with Crippen molar-refractivity contribution in [2.45, 2.75) is 32.7 Å². The van der Waals surface area contributed by atoms with Crippen molar-refractivity contribution in [3.05, 3.63) is 45.6 Å². The largest absolute Gasteiger partial charge is 0.494 e. The van der Waals surface area contributed by atoms with Gasteiger partial charge in [-0.2, -0.15) is 5.26 Å². The highest BCUT2D eigenvalue weighted by Crippen LogP contribution is 2.39. The van der Waals surface area contributed by atoms with Crippen molar-refractivity contribution in [2.75, 3.05) is 26.0 Å². The number of benzene rings is 1. The highest BCUT2D eigenvalue weighted by atomic mass is 32.1. The van der Waals surface area contributed by atoms with Crippen LogP contribution in [0, 0.1) is 23.1 Å². The van der Waals surface area contributed by atoms with Gasteiger partial charge in [0.2, 0.25) is 0 Å². The van der Waals surface area contributed by atoms with Crippen molar-refractivity contribution >= 4 is 22.2 Å². The van der Waals surface area contributed by atoms with Gasteiger partial charge < -0.3 is 15.0 Å². The minimum Gasteiger partial charge on any atom is -0.494 e. The number of anilines is 1. The number of nitrogens with one attached hydrogen (secondary N) is 2. The van der Waals surface area contributed by atoms with Gasteiger partial charge in [0.1, 0.15) is 17.6 Å². The number of nitriles is 1. The van der Waals surface area contributed by atoms with E-state index in [1.54, 1.807) is 12.1 Å². The van der Waals surface area contributed by atoms with Crippen molar-refractivity contribution in [3.63, 3.8) is 0 Å². The smallest absolute Gasteiger partial charge is 0.280 e. The van der Waals surface area contributed by atoms with Gasteiger partial charge in [0.25, 0.3) is 5.91 Å². The molecular formula is C21H25FN3O2S+. The number of thiophene rings is 1. The molecular weight excluding hydrogens is 377 g/mol. The molecule has 1 amide bonds. The number of halogens is 1. The summed E-state index contributed by atoms with van der Waals surface area (Å²) in [5.41, 5.74) is 2.52. The lowest BCUT2D eigenvalue weighted by Gasteiger charge is -2.17. The minimum atomic E-state index is -0.408. The van der Waals surface area contributed by atoms with Crippen LogP contribution in [0.5, 0.6) is 5.75 Å². The number of amides is 1. The summed E-state index contributed by atoms with van der Waals surface area (Å²) in [6, 6.07) is 7.09. The molecule has 3 rings (SSSR count). The molecule has 1 unspecified atom stereocenters. The molecule has 1 aliphatic carbocycles. The molecule has 1 heterocycles. The van der Waals surface area contributed by atoms with E-state index >= 15 is 0 Å². The number of quaternary nitrogens is 1. The van der Waals surface area contributed by atoms with E-state index in [4.69, 9.17) is 4.74 Å². The number of rotatable bonds is 6. The van der Waals surface area contributed by atoms with Crippen LogP contribution in [0.1, 0.15) is 34.9 Å². The number of carbonyl (C=O) groups is 1. The summed E-state index contributed by atoms with van der Waals surface area (Å²) in [7, 11) is 3.31. The zero-order valence-electron chi connectivity index (χ0n) is 16.4. The Kier molecular flexibility index (Phi) is 6.32. The number of ether oxygens (including phenoxy) is 1. The minimum absolute atomic E-state index is 0.144. The summed E-state index contributed by atoms with van der Waals surface area (Å²) < 4.78 is 18.8. The van der Waals surface area contributed by atoms with E-state index in [0.717, 1.165) is 35.3 Å². The third kappa shape index (κ3) is 4.51. The highest BCUT2D eigenvalue weighted by molar-refractivity contribution is 7.16. The molecule has 2 atom stereocenters. The van der Waals surface area contributed by atoms with Gasteiger partial charge in [0, 0.05) is 10.4 Å². The summed E-state index contributed by atoms with van der Waals surface area (Å²) in [4.78, 5) is 14.6. The number of hydrogen-bond donors (Lipinski definition) is 2. The van der Waals surface area contributed by atoms with Crippen molar-refractivity contribution in [3.8, 4) is 11.8 Å². The van der Waals surface area contributed by atoms with E-state index in [-0.39, 0.29) is 18.2 Å². The van der Waals surface area contributed by atoms with Gasteiger partial charge in [-0.15, -0.1) is 11.3 Å². The number of carbonyl (C=O) groups excluding carboxylic acids is 1. The molecule has 0 bridgehead atoms. The second-order valence-electron chi connectivity index (χ2n) is 7.50. The molecule has 1 aliphatic rings. The van der Waals surface area contributed by atoms with Gasteiger partial charge in [0.05, 0.1) is 19.7 Å². The summed E-state index contributed by atoms with van der Waals surface area (Å²) in [6.07, 6.45) is 2.95. The Balaban J connectivity index is 1.63. The third-order valence-electron chi connectivity index (χ3n) is 5.06. The maximum Gasteiger partial charge on any atom is 0.280 e. The predicted octanol–water partition coefficient (Wildman–Crippen LogP) is 2.55. The average Bonchev–Trinajstić information content (AvgIpc) is 2.97. The van der Waals surface area contributed by atoms with Gasteiger partial charge in [-0.25, -0.2) is 4.39 Å². The standard InChI is InChI=1S/C21H24FN3O2S/c1-13-4-6-15-16(10-23)21(28-19(15)8-13)24-20(26)12-25(2)11-14-5-7-18(27-3)17(22)9-14/h5,7,9,13H,4,6,8,11-12H2,1-3H3,(H,24,26)/p+1/t13-/m0/s1. The molecule has 2 N–H and O–H groups in total. The summed E-state index contributed by atoms with van der Waals surface area (Å²) in [6.45, 7) is 2.96. The van der Waals surface area contributed by atoms with Crippen LogP contribution in [0.4, 0.5) is 9.39 Å². The Hall–Kier alpha value is -2.43. The van der Waals surface area contributed by atoms with Crippen LogP contribution >= 0.6 is 11.3 Å². The number of hydrogen-bond acceptors (Lipinski definition) is 4. The fourth-order valence-corrected chi connectivity index (χ4v) is 5.01. The van der Waals surface area contributed by atoms with Crippen LogP contribution in [-0.2, 0) is 24.2 Å². The van der Waals surface area contributed by atoms with Crippen molar-refractivity contribution in [1.82, 2.24) is 0 Å². The van der Waals surface area contributed by atoms with Crippen LogP contribution in [0.25, 0.3) is 0 Å². The SMILES string of the molecule is COc1ccc(C[NH+](C)CC(=O)Nc2sc3c(c2C#N)CC[C@H](C)C3)cc1F.